The van der Waals surface area contributed by atoms with Crippen molar-refractivity contribution in [3.05, 3.63) is 29.8 Å². The molecular formula is C13H16ClF3N2O2. The van der Waals surface area contributed by atoms with Gasteiger partial charge in [-0.1, -0.05) is 12.1 Å². The van der Waals surface area contributed by atoms with E-state index in [-0.39, 0.29) is 30.0 Å². The Morgan fingerprint density at radius 3 is 2.38 bits per heavy atom. The lowest BCUT2D eigenvalue weighted by Gasteiger charge is -2.25. The van der Waals surface area contributed by atoms with Crippen molar-refractivity contribution >= 4 is 18.3 Å². The largest absolute Gasteiger partial charge is 0.573 e. The molecule has 1 aromatic rings. The van der Waals surface area contributed by atoms with Gasteiger partial charge >= 0.3 is 6.36 Å². The summed E-state index contributed by atoms with van der Waals surface area (Å²) in [5, 5.41) is 5.80. The highest BCUT2D eigenvalue weighted by atomic mass is 35.5. The number of hydrogen-bond acceptors (Lipinski definition) is 3. The van der Waals surface area contributed by atoms with E-state index in [2.05, 4.69) is 15.4 Å². The zero-order valence-corrected chi connectivity index (χ0v) is 11.9. The highest BCUT2D eigenvalue weighted by Gasteiger charge is 2.30. The van der Waals surface area contributed by atoms with Crippen molar-refractivity contribution in [1.29, 1.82) is 0 Å². The van der Waals surface area contributed by atoms with Crippen molar-refractivity contribution in [3.63, 3.8) is 0 Å². The Hall–Kier alpha value is -1.47. The summed E-state index contributed by atoms with van der Waals surface area (Å²) in [5.41, 5.74) is 0.839. The summed E-state index contributed by atoms with van der Waals surface area (Å²) >= 11 is 0. The number of benzene rings is 1. The summed E-state index contributed by atoms with van der Waals surface area (Å²) in [4.78, 5) is 11.5. The average Bonchev–Trinajstić information content (AvgIpc) is 2.27. The van der Waals surface area contributed by atoms with E-state index in [0.29, 0.717) is 26.1 Å². The van der Waals surface area contributed by atoms with Crippen LogP contribution in [0.3, 0.4) is 0 Å². The molecule has 0 aliphatic carbocycles. The van der Waals surface area contributed by atoms with Crippen LogP contribution >= 0.6 is 12.4 Å². The summed E-state index contributed by atoms with van der Waals surface area (Å²) in [7, 11) is 0. The van der Waals surface area contributed by atoms with Gasteiger partial charge in [-0.3, -0.25) is 4.79 Å². The van der Waals surface area contributed by atoms with Gasteiger partial charge < -0.3 is 15.4 Å². The molecule has 1 fully saturated rings. The highest BCUT2D eigenvalue weighted by molar-refractivity contribution is 5.85. The topological polar surface area (TPSA) is 50.4 Å². The first-order valence-corrected chi connectivity index (χ1v) is 6.27. The molecule has 1 aliphatic heterocycles. The van der Waals surface area contributed by atoms with Gasteiger partial charge in [0, 0.05) is 19.6 Å². The fourth-order valence-electron chi connectivity index (χ4n) is 1.81. The number of carbonyl (C=O) groups is 1. The summed E-state index contributed by atoms with van der Waals surface area (Å²) in [6.45, 7) is 1.87. The van der Waals surface area contributed by atoms with E-state index >= 15 is 0 Å². The second-order valence-electron chi connectivity index (χ2n) is 4.59. The minimum atomic E-state index is -4.67. The molecule has 21 heavy (non-hydrogen) atoms. The number of amides is 1. The third-order valence-electron chi connectivity index (χ3n) is 3.02. The molecule has 1 aliphatic rings. The molecule has 0 spiro atoms. The molecule has 118 valence electrons. The summed E-state index contributed by atoms with van der Waals surface area (Å²) in [6.07, 6.45) is -4.11. The quantitative estimate of drug-likeness (QED) is 0.869. The lowest BCUT2D eigenvalue weighted by atomic mass is 10.0. The average molecular weight is 325 g/mol. The van der Waals surface area contributed by atoms with Gasteiger partial charge in [0.2, 0.25) is 5.91 Å². The second-order valence-corrected chi connectivity index (χ2v) is 4.59. The van der Waals surface area contributed by atoms with E-state index in [4.69, 9.17) is 0 Å². The van der Waals surface area contributed by atoms with E-state index in [1.165, 1.54) is 12.1 Å². The first-order chi connectivity index (χ1) is 9.44. The molecule has 1 amide bonds. The molecule has 0 saturated carbocycles. The third kappa shape index (κ3) is 5.81. The van der Waals surface area contributed by atoms with Crippen molar-refractivity contribution in [3.8, 4) is 5.75 Å². The van der Waals surface area contributed by atoms with E-state index in [0.717, 1.165) is 5.56 Å². The predicted octanol–water partition coefficient (Wildman–Crippen LogP) is 1.89. The van der Waals surface area contributed by atoms with E-state index in [1.54, 1.807) is 12.1 Å². The number of alkyl halides is 3. The van der Waals surface area contributed by atoms with Crippen molar-refractivity contribution in [2.24, 2.45) is 5.92 Å². The van der Waals surface area contributed by atoms with Crippen LogP contribution in [0.5, 0.6) is 5.75 Å². The molecule has 4 nitrogen and oxygen atoms in total. The van der Waals surface area contributed by atoms with E-state index in [9.17, 15) is 18.0 Å². The Labute approximate surface area is 126 Å². The first-order valence-electron chi connectivity index (χ1n) is 6.27. The Bertz CT molecular complexity index is 461. The zero-order chi connectivity index (χ0) is 14.6. The van der Waals surface area contributed by atoms with Gasteiger partial charge in [-0.15, -0.1) is 25.6 Å². The van der Waals surface area contributed by atoms with Crippen LogP contribution in [-0.2, 0) is 11.2 Å². The Morgan fingerprint density at radius 2 is 1.90 bits per heavy atom. The van der Waals surface area contributed by atoms with Crippen LogP contribution in [0.25, 0.3) is 0 Å². The lowest BCUT2D eigenvalue weighted by Crippen LogP contribution is -2.51. The SMILES string of the molecule is Cl.O=C(NCCc1ccc(OC(F)(F)F)cc1)C1CNC1. The van der Waals surface area contributed by atoms with Crippen molar-refractivity contribution < 1.29 is 22.7 Å². The van der Waals surface area contributed by atoms with Crippen LogP contribution in [0.15, 0.2) is 24.3 Å². The molecule has 1 aromatic carbocycles. The maximum absolute atomic E-state index is 12.0. The molecule has 0 bridgehead atoms. The predicted molar refractivity (Wildman–Crippen MR) is 73.4 cm³/mol. The van der Waals surface area contributed by atoms with E-state index < -0.39 is 6.36 Å². The number of rotatable bonds is 5. The number of ether oxygens (including phenoxy) is 1. The van der Waals surface area contributed by atoms with Gasteiger partial charge in [0.15, 0.2) is 0 Å². The van der Waals surface area contributed by atoms with Gasteiger partial charge in [0.1, 0.15) is 5.75 Å². The lowest BCUT2D eigenvalue weighted by molar-refractivity contribution is -0.274. The van der Waals surface area contributed by atoms with Gasteiger partial charge in [0.25, 0.3) is 0 Å². The van der Waals surface area contributed by atoms with Crippen molar-refractivity contribution in [1.82, 2.24) is 10.6 Å². The van der Waals surface area contributed by atoms with Gasteiger partial charge in [-0.2, -0.15) is 0 Å². The van der Waals surface area contributed by atoms with Crippen LogP contribution in [0.1, 0.15) is 5.56 Å². The summed E-state index contributed by atoms with van der Waals surface area (Å²) in [5.74, 6) is -0.191. The van der Waals surface area contributed by atoms with E-state index in [1.807, 2.05) is 0 Å². The molecule has 8 heteroatoms. The normalized spacial score (nSPS) is 14.8. The number of carbonyl (C=O) groups excluding carboxylic acids is 1. The minimum Gasteiger partial charge on any atom is -0.406 e. The van der Waals surface area contributed by atoms with Crippen LogP contribution < -0.4 is 15.4 Å². The van der Waals surface area contributed by atoms with Gasteiger partial charge in [-0.25, -0.2) is 0 Å². The highest BCUT2D eigenvalue weighted by Crippen LogP contribution is 2.22. The van der Waals surface area contributed by atoms with Crippen LogP contribution in [0.2, 0.25) is 0 Å². The third-order valence-corrected chi connectivity index (χ3v) is 3.02. The fourth-order valence-corrected chi connectivity index (χ4v) is 1.81. The van der Waals surface area contributed by atoms with Crippen molar-refractivity contribution in [2.45, 2.75) is 12.8 Å². The van der Waals surface area contributed by atoms with Crippen LogP contribution in [-0.4, -0.2) is 31.9 Å². The molecule has 1 saturated heterocycles. The number of hydrogen-bond donors (Lipinski definition) is 2. The fraction of sp³-hybridized carbons (Fsp3) is 0.462. The Balaban J connectivity index is 0.00000220. The molecule has 2 rings (SSSR count). The number of nitrogens with one attached hydrogen (secondary N) is 2. The molecular weight excluding hydrogens is 309 g/mol. The summed E-state index contributed by atoms with van der Waals surface area (Å²) < 4.78 is 39.7. The van der Waals surface area contributed by atoms with Gasteiger partial charge in [0.05, 0.1) is 5.92 Å². The molecule has 1 heterocycles. The van der Waals surface area contributed by atoms with Crippen molar-refractivity contribution in [2.75, 3.05) is 19.6 Å². The number of halogens is 4. The Kier molecular flexibility index (Phi) is 6.29. The molecule has 0 atom stereocenters. The van der Waals surface area contributed by atoms with Crippen LogP contribution in [0.4, 0.5) is 13.2 Å². The Morgan fingerprint density at radius 1 is 1.29 bits per heavy atom. The second kappa shape index (κ2) is 7.51. The molecule has 2 N–H and O–H groups in total. The molecule has 0 unspecified atom stereocenters. The summed E-state index contributed by atoms with van der Waals surface area (Å²) in [6, 6.07) is 5.64. The van der Waals surface area contributed by atoms with Gasteiger partial charge in [-0.05, 0) is 24.1 Å². The molecule has 0 radical (unpaired) electrons. The minimum absolute atomic E-state index is 0. The zero-order valence-electron chi connectivity index (χ0n) is 11.1. The van der Waals surface area contributed by atoms with Crippen LogP contribution in [0, 0.1) is 5.92 Å². The maximum Gasteiger partial charge on any atom is 0.573 e. The first kappa shape index (κ1) is 17.6. The maximum atomic E-state index is 12.0. The monoisotopic (exact) mass is 324 g/mol. The molecule has 0 aromatic heterocycles. The smallest absolute Gasteiger partial charge is 0.406 e. The standard InChI is InChI=1S/C13H15F3N2O2.ClH/c14-13(15,16)20-11-3-1-9(2-4-11)5-6-18-12(19)10-7-17-8-10;/h1-4,10,17H,5-8H2,(H,18,19);1H.